The minimum Gasteiger partial charge on any atom is -0.481 e. The molecule has 0 aliphatic rings. The zero-order chi connectivity index (χ0) is 13.7. The highest BCUT2D eigenvalue weighted by atomic mass is 16.4. The van der Waals surface area contributed by atoms with Crippen LogP contribution in [0.25, 0.3) is 5.69 Å². The third kappa shape index (κ3) is 3.37. The van der Waals surface area contributed by atoms with Crippen LogP contribution in [-0.2, 0) is 17.6 Å². The Bertz CT molecular complexity index is 548. The van der Waals surface area contributed by atoms with Crippen LogP contribution in [0.5, 0.6) is 0 Å². The normalized spacial score (nSPS) is 10.6. The van der Waals surface area contributed by atoms with Gasteiger partial charge >= 0.3 is 5.97 Å². The molecule has 100 valence electrons. The summed E-state index contributed by atoms with van der Waals surface area (Å²) >= 11 is 0. The van der Waals surface area contributed by atoms with Gasteiger partial charge in [0.1, 0.15) is 0 Å². The van der Waals surface area contributed by atoms with Crippen molar-refractivity contribution < 1.29 is 9.90 Å². The number of rotatable bonds is 6. The van der Waals surface area contributed by atoms with Gasteiger partial charge in [-0.3, -0.25) is 4.79 Å². The topological polar surface area (TPSA) is 80.9 Å². The number of nitrogens with zero attached hydrogens (tertiary/aromatic N) is 4. The lowest BCUT2D eigenvalue weighted by Crippen LogP contribution is -2.03. The Morgan fingerprint density at radius 3 is 2.63 bits per heavy atom. The number of benzene rings is 1. The third-order valence-corrected chi connectivity index (χ3v) is 2.82. The molecule has 6 nitrogen and oxygen atoms in total. The van der Waals surface area contributed by atoms with E-state index in [-0.39, 0.29) is 6.42 Å². The molecule has 0 bridgehead atoms. The Kier molecular flexibility index (Phi) is 4.22. The van der Waals surface area contributed by atoms with E-state index < -0.39 is 5.97 Å². The number of aryl methyl sites for hydroxylation is 2. The first-order chi connectivity index (χ1) is 9.20. The summed E-state index contributed by atoms with van der Waals surface area (Å²) in [5.41, 5.74) is 1.89. The third-order valence-electron chi connectivity index (χ3n) is 2.82. The van der Waals surface area contributed by atoms with E-state index in [2.05, 4.69) is 22.4 Å². The second-order valence-corrected chi connectivity index (χ2v) is 4.32. The standard InChI is InChI=1S/C13H16N4O2/c1-2-3-12-14-15-16-17(12)11-7-4-10(5-8-11)6-9-13(18)19/h4-5,7-8H,2-3,6,9H2,1H3,(H,18,19). The van der Waals surface area contributed by atoms with Gasteiger partial charge in [0.05, 0.1) is 5.69 Å². The molecule has 0 unspecified atom stereocenters. The van der Waals surface area contributed by atoms with Crippen LogP contribution < -0.4 is 0 Å². The average Bonchev–Trinajstić information content (AvgIpc) is 2.86. The maximum atomic E-state index is 10.5. The zero-order valence-electron chi connectivity index (χ0n) is 10.8. The highest BCUT2D eigenvalue weighted by Crippen LogP contribution is 2.12. The molecule has 0 spiro atoms. The zero-order valence-corrected chi connectivity index (χ0v) is 10.8. The van der Waals surface area contributed by atoms with Gasteiger partial charge in [-0.2, -0.15) is 4.68 Å². The van der Waals surface area contributed by atoms with Crippen molar-refractivity contribution in [2.45, 2.75) is 32.6 Å². The number of aliphatic carboxylic acids is 1. The summed E-state index contributed by atoms with van der Waals surface area (Å²) in [4.78, 5) is 10.5. The van der Waals surface area contributed by atoms with Crippen LogP contribution in [0.2, 0.25) is 0 Å². The molecule has 1 aromatic carbocycles. The average molecular weight is 260 g/mol. The number of tetrazole rings is 1. The van der Waals surface area contributed by atoms with Crippen LogP contribution in [-0.4, -0.2) is 31.3 Å². The maximum absolute atomic E-state index is 10.5. The van der Waals surface area contributed by atoms with Gasteiger partial charge in [0.2, 0.25) is 0 Å². The molecule has 19 heavy (non-hydrogen) atoms. The minimum atomic E-state index is -0.783. The molecular weight excluding hydrogens is 244 g/mol. The van der Waals surface area contributed by atoms with Gasteiger partial charge in [0, 0.05) is 12.8 Å². The fraction of sp³-hybridized carbons (Fsp3) is 0.385. The molecule has 6 heteroatoms. The van der Waals surface area contributed by atoms with E-state index in [1.807, 2.05) is 24.3 Å². The summed E-state index contributed by atoms with van der Waals surface area (Å²) in [5.74, 6) is 0.0515. The molecule has 1 N–H and O–H groups in total. The van der Waals surface area contributed by atoms with E-state index in [1.54, 1.807) is 4.68 Å². The molecule has 0 atom stereocenters. The Hall–Kier alpha value is -2.24. The van der Waals surface area contributed by atoms with Crippen LogP contribution >= 0.6 is 0 Å². The summed E-state index contributed by atoms with van der Waals surface area (Å²) in [5, 5.41) is 20.3. The molecule has 0 radical (unpaired) electrons. The molecule has 0 fully saturated rings. The Morgan fingerprint density at radius 1 is 1.26 bits per heavy atom. The van der Waals surface area contributed by atoms with Gasteiger partial charge in [-0.25, -0.2) is 0 Å². The largest absolute Gasteiger partial charge is 0.481 e. The van der Waals surface area contributed by atoms with E-state index in [9.17, 15) is 4.79 Å². The van der Waals surface area contributed by atoms with Crippen LogP contribution in [0.15, 0.2) is 24.3 Å². The molecule has 0 aliphatic heterocycles. The first kappa shape index (κ1) is 13.2. The van der Waals surface area contributed by atoms with Crippen molar-refractivity contribution in [1.29, 1.82) is 0 Å². The molecule has 2 rings (SSSR count). The van der Waals surface area contributed by atoms with E-state index in [1.165, 1.54) is 0 Å². The van der Waals surface area contributed by atoms with Gasteiger partial charge in [0.25, 0.3) is 0 Å². The molecule has 0 saturated heterocycles. The molecule has 1 aromatic heterocycles. The second kappa shape index (κ2) is 6.08. The molecule has 0 saturated carbocycles. The van der Waals surface area contributed by atoms with E-state index in [4.69, 9.17) is 5.11 Å². The van der Waals surface area contributed by atoms with Crippen molar-refractivity contribution in [3.05, 3.63) is 35.7 Å². The van der Waals surface area contributed by atoms with Crippen molar-refractivity contribution in [3.8, 4) is 5.69 Å². The number of carbonyl (C=O) groups is 1. The Balaban J connectivity index is 2.13. The van der Waals surface area contributed by atoms with Crippen molar-refractivity contribution in [1.82, 2.24) is 20.2 Å². The monoisotopic (exact) mass is 260 g/mol. The Labute approximate surface area is 111 Å². The molecule has 1 heterocycles. The van der Waals surface area contributed by atoms with Gasteiger partial charge < -0.3 is 5.11 Å². The van der Waals surface area contributed by atoms with Crippen molar-refractivity contribution in [2.24, 2.45) is 0 Å². The minimum absolute atomic E-state index is 0.144. The van der Waals surface area contributed by atoms with E-state index in [0.29, 0.717) is 6.42 Å². The summed E-state index contributed by atoms with van der Waals surface area (Å²) in [6, 6.07) is 7.64. The highest BCUT2D eigenvalue weighted by Gasteiger charge is 2.07. The summed E-state index contributed by atoms with van der Waals surface area (Å²) in [6.07, 6.45) is 2.49. The second-order valence-electron chi connectivity index (χ2n) is 4.32. The molecular formula is C13H16N4O2. The lowest BCUT2D eigenvalue weighted by atomic mass is 10.1. The fourth-order valence-electron chi connectivity index (χ4n) is 1.84. The first-order valence-corrected chi connectivity index (χ1v) is 6.29. The Morgan fingerprint density at radius 2 is 2.00 bits per heavy atom. The quantitative estimate of drug-likeness (QED) is 0.853. The van der Waals surface area contributed by atoms with Gasteiger partial charge in [0.15, 0.2) is 5.82 Å². The summed E-state index contributed by atoms with van der Waals surface area (Å²) < 4.78 is 1.71. The first-order valence-electron chi connectivity index (χ1n) is 6.29. The lowest BCUT2D eigenvalue weighted by molar-refractivity contribution is -0.136. The fourth-order valence-corrected chi connectivity index (χ4v) is 1.84. The number of aromatic nitrogens is 4. The van der Waals surface area contributed by atoms with Crippen molar-refractivity contribution in [3.63, 3.8) is 0 Å². The predicted molar refractivity (Wildman–Crippen MR) is 69.1 cm³/mol. The number of hydrogen-bond acceptors (Lipinski definition) is 4. The van der Waals surface area contributed by atoms with Crippen LogP contribution in [0.1, 0.15) is 31.2 Å². The molecule has 0 aliphatic carbocycles. The summed E-state index contributed by atoms with van der Waals surface area (Å²) in [7, 11) is 0. The maximum Gasteiger partial charge on any atom is 0.303 e. The molecule has 2 aromatic rings. The number of carboxylic acids is 1. The smallest absolute Gasteiger partial charge is 0.303 e. The summed E-state index contributed by atoms with van der Waals surface area (Å²) in [6.45, 7) is 2.08. The van der Waals surface area contributed by atoms with Crippen molar-refractivity contribution >= 4 is 5.97 Å². The van der Waals surface area contributed by atoms with Crippen LogP contribution in [0, 0.1) is 0 Å². The predicted octanol–water partition coefficient (Wildman–Crippen LogP) is 1.63. The number of hydrogen-bond donors (Lipinski definition) is 1. The van der Waals surface area contributed by atoms with Crippen LogP contribution in [0.4, 0.5) is 0 Å². The SMILES string of the molecule is CCCc1nnnn1-c1ccc(CCC(=O)O)cc1. The van der Waals surface area contributed by atoms with E-state index >= 15 is 0 Å². The number of carboxylic acid groups (broad SMARTS) is 1. The highest BCUT2D eigenvalue weighted by molar-refractivity contribution is 5.67. The van der Waals surface area contributed by atoms with Gasteiger partial charge in [-0.05, 0) is 41.0 Å². The van der Waals surface area contributed by atoms with E-state index in [0.717, 1.165) is 29.9 Å². The van der Waals surface area contributed by atoms with Crippen molar-refractivity contribution in [2.75, 3.05) is 0 Å². The van der Waals surface area contributed by atoms with Crippen LogP contribution in [0.3, 0.4) is 0 Å². The lowest BCUT2D eigenvalue weighted by Gasteiger charge is -2.05. The van der Waals surface area contributed by atoms with Gasteiger partial charge in [-0.1, -0.05) is 19.1 Å². The van der Waals surface area contributed by atoms with Gasteiger partial charge in [-0.15, -0.1) is 5.10 Å². The molecule has 0 amide bonds.